The molecule has 0 bridgehead atoms. The normalized spacial score (nSPS) is 13.8. The first-order valence-electron chi connectivity index (χ1n) is 42.6. The highest BCUT2D eigenvalue weighted by molar-refractivity contribution is 7.47. The molecule has 19 heteroatoms. The van der Waals surface area contributed by atoms with Gasteiger partial charge in [0.25, 0.3) is 0 Å². The van der Waals surface area contributed by atoms with Gasteiger partial charge in [-0.3, -0.25) is 37.3 Å². The van der Waals surface area contributed by atoms with Crippen molar-refractivity contribution in [3.8, 4) is 0 Å². The van der Waals surface area contributed by atoms with E-state index in [2.05, 4.69) is 34.6 Å². The first kappa shape index (κ1) is 99.1. The highest BCUT2D eigenvalue weighted by Crippen LogP contribution is 2.45. The largest absolute Gasteiger partial charge is 0.472 e. The molecule has 0 spiro atoms. The van der Waals surface area contributed by atoms with Crippen molar-refractivity contribution in [2.75, 3.05) is 39.6 Å². The van der Waals surface area contributed by atoms with Crippen molar-refractivity contribution in [3.63, 3.8) is 0 Å². The molecule has 0 saturated heterocycles. The topological polar surface area (TPSA) is 237 Å². The summed E-state index contributed by atoms with van der Waals surface area (Å²) in [6.45, 7) is 7.31. The van der Waals surface area contributed by atoms with Gasteiger partial charge >= 0.3 is 39.5 Å². The summed E-state index contributed by atoms with van der Waals surface area (Å²) in [5.74, 6) is -1.38. The smallest absolute Gasteiger partial charge is 0.462 e. The molecule has 0 aromatic heterocycles. The highest BCUT2D eigenvalue weighted by Gasteiger charge is 2.30. The predicted molar refractivity (Wildman–Crippen MR) is 414 cm³/mol. The SMILES string of the molecule is CCCCCCCCCCCCCCCCCCCCCC(=O)O[C@H](COC(=O)CCCCCCCCCCCCCCCCCCC)COP(=O)(O)OC[C@@H](O)COP(=O)(O)OC[C@@H](COC(=O)CCCCCCCCCCC(C)C)OC(=O)CCCCCCCCCCCCCCCC. The van der Waals surface area contributed by atoms with Gasteiger partial charge in [-0.15, -0.1) is 0 Å². The van der Waals surface area contributed by atoms with Crippen molar-refractivity contribution >= 4 is 39.5 Å². The Morgan fingerprint density at radius 2 is 0.455 bits per heavy atom. The Balaban J connectivity index is 5.24. The number of hydrogen-bond donors (Lipinski definition) is 3. The molecular formula is C82H160O17P2. The van der Waals surface area contributed by atoms with Crippen LogP contribution in [0.2, 0.25) is 0 Å². The van der Waals surface area contributed by atoms with Gasteiger partial charge in [0.05, 0.1) is 26.4 Å². The molecule has 0 rings (SSSR count). The Hall–Kier alpha value is -1.94. The van der Waals surface area contributed by atoms with E-state index in [1.807, 2.05) is 0 Å². The van der Waals surface area contributed by atoms with Gasteiger partial charge in [-0.2, -0.15) is 0 Å². The molecule has 5 atom stereocenters. The van der Waals surface area contributed by atoms with E-state index >= 15 is 0 Å². The lowest BCUT2D eigenvalue weighted by molar-refractivity contribution is -0.161. The molecule has 0 aromatic rings. The molecule has 0 aliphatic rings. The zero-order valence-corrected chi connectivity index (χ0v) is 67.8. The van der Waals surface area contributed by atoms with Crippen LogP contribution in [0.3, 0.4) is 0 Å². The zero-order valence-electron chi connectivity index (χ0n) is 66.1. The summed E-state index contributed by atoms with van der Waals surface area (Å²) >= 11 is 0. The number of hydrogen-bond acceptors (Lipinski definition) is 15. The Morgan fingerprint density at radius 1 is 0.267 bits per heavy atom. The van der Waals surface area contributed by atoms with Crippen LogP contribution >= 0.6 is 15.6 Å². The van der Waals surface area contributed by atoms with E-state index in [4.69, 9.17) is 37.0 Å². The predicted octanol–water partition coefficient (Wildman–Crippen LogP) is 24.8. The number of rotatable bonds is 82. The van der Waals surface area contributed by atoms with Crippen LogP contribution in [0.15, 0.2) is 0 Å². The summed E-state index contributed by atoms with van der Waals surface area (Å²) in [6, 6.07) is 0. The second-order valence-electron chi connectivity index (χ2n) is 30.0. The number of carbonyl (C=O) groups is 4. The average molecular weight is 1480 g/mol. The van der Waals surface area contributed by atoms with E-state index < -0.39 is 97.5 Å². The second-order valence-corrected chi connectivity index (χ2v) is 32.9. The number of esters is 4. The van der Waals surface area contributed by atoms with Crippen molar-refractivity contribution in [1.82, 2.24) is 0 Å². The molecule has 0 saturated carbocycles. The fourth-order valence-corrected chi connectivity index (χ4v) is 14.3. The van der Waals surface area contributed by atoms with E-state index in [9.17, 15) is 43.2 Å². The van der Waals surface area contributed by atoms with Crippen molar-refractivity contribution in [1.29, 1.82) is 0 Å². The van der Waals surface area contributed by atoms with Crippen LogP contribution in [0.5, 0.6) is 0 Å². The van der Waals surface area contributed by atoms with Gasteiger partial charge in [-0.05, 0) is 31.6 Å². The lowest BCUT2D eigenvalue weighted by Crippen LogP contribution is -2.30. The van der Waals surface area contributed by atoms with E-state index in [-0.39, 0.29) is 25.7 Å². The van der Waals surface area contributed by atoms with Gasteiger partial charge in [-0.1, -0.05) is 388 Å². The summed E-state index contributed by atoms with van der Waals surface area (Å²) < 4.78 is 68.8. The monoisotopic (exact) mass is 1480 g/mol. The van der Waals surface area contributed by atoms with Crippen LogP contribution in [0, 0.1) is 5.92 Å². The maximum absolute atomic E-state index is 13.1. The summed E-state index contributed by atoms with van der Waals surface area (Å²) in [7, 11) is -9.92. The minimum absolute atomic E-state index is 0.108. The van der Waals surface area contributed by atoms with Gasteiger partial charge in [0.2, 0.25) is 0 Å². The maximum atomic E-state index is 13.1. The molecule has 2 unspecified atom stereocenters. The Kier molecular flexibility index (Phi) is 73.5. The van der Waals surface area contributed by atoms with E-state index in [0.717, 1.165) is 95.8 Å². The maximum Gasteiger partial charge on any atom is 0.472 e. The first-order valence-corrected chi connectivity index (χ1v) is 45.6. The molecule has 0 aliphatic carbocycles. The molecule has 600 valence electrons. The standard InChI is InChI=1S/C82H160O17P2/c1-6-9-12-15-18-21-24-27-30-32-33-35-37-40-43-46-53-58-63-68-82(87)98-77(71-92-79(84)65-60-55-50-44-41-39-36-34-31-28-25-22-19-16-13-10-7-2)73-96-100(88,89)94-69-76(83)70-95-101(90,91)97-74-78(72-93-80(85)66-61-56-51-48-47-49-54-59-64-75(4)5)99-81(86)67-62-57-52-45-42-38-29-26-23-20-17-14-11-8-3/h75-78,83H,6-74H2,1-5H3,(H,88,89)(H,90,91)/t76-,77-,78-/m1/s1. The number of phosphoric acid groups is 2. The van der Waals surface area contributed by atoms with Crippen LogP contribution in [-0.4, -0.2) is 96.7 Å². The van der Waals surface area contributed by atoms with Crippen LogP contribution in [0.25, 0.3) is 0 Å². The fourth-order valence-electron chi connectivity index (χ4n) is 12.8. The third-order valence-corrected chi connectivity index (χ3v) is 21.2. The minimum atomic E-state index is -4.96. The number of aliphatic hydroxyl groups excluding tert-OH is 1. The molecule has 0 aliphatic heterocycles. The van der Waals surface area contributed by atoms with Crippen LogP contribution < -0.4 is 0 Å². The van der Waals surface area contributed by atoms with Gasteiger partial charge in [-0.25, -0.2) is 9.13 Å². The molecule has 0 fully saturated rings. The van der Waals surface area contributed by atoms with Crippen LogP contribution in [-0.2, 0) is 65.4 Å². The Bertz CT molecular complexity index is 1930. The van der Waals surface area contributed by atoms with Gasteiger partial charge in [0.15, 0.2) is 12.2 Å². The summed E-state index contributed by atoms with van der Waals surface area (Å²) in [5.41, 5.74) is 0. The van der Waals surface area contributed by atoms with E-state index in [1.165, 1.54) is 263 Å². The molecule has 0 aromatic carbocycles. The number of unbranched alkanes of at least 4 members (excludes halogenated alkanes) is 54. The zero-order chi connectivity index (χ0) is 74.1. The van der Waals surface area contributed by atoms with Crippen molar-refractivity contribution in [2.45, 2.75) is 457 Å². The number of ether oxygens (including phenoxy) is 4. The molecule has 0 radical (unpaired) electrons. The van der Waals surface area contributed by atoms with Crippen molar-refractivity contribution in [3.05, 3.63) is 0 Å². The highest BCUT2D eigenvalue weighted by atomic mass is 31.2. The quantitative estimate of drug-likeness (QED) is 0.0222. The number of carbonyl (C=O) groups excluding carboxylic acids is 4. The summed E-state index contributed by atoms with van der Waals surface area (Å²) in [4.78, 5) is 73.1. The third-order valence-electron chi connectivity index (χ3n) is 19.3. The van der Waals surface area contributed by atoms with Crippen molar-refractivity contribution in [2.24, 2.45) is 5.92 Å². The molecule has 17 nitrogen and oxygen atoms in total. The number of phosphoric ester groups is 2. The Morgan fingerprint density at radius 3 is 0.673 bits per heavy atom. The lowest BCUT2D eigenvalue weighted by atomic mass is 10.0. The fraction of sp³-hybridized carbons (Fsp3) is 0.951. The van der Waals surface area contributed by atoms with Gasteiger partial charge in [0.1, 0.15) is 19.3 Å². The summed E-state index contributed by atoms with van der Waals surface area (Å²) in [6.07, 6.45) is 66.6. The lowest BCUT2D eigenvalue weighted by Gasteiger charge is -2.21. The van der Waals surface area contributed by atoms with Crippen LogP contribution in [0.1, 0.15) is 439 Å². The molecule has 0 amide bonds. The third kappa shape index (κ3) is 76.1. The Labute approximate surface area is 619 Å². The van der Waals surface area contributed by atoms with Gasteiger partial charge in [0, 0.05) is 25.7 Å². The minimum Gasteiger partial charge on any atom is -0.462 e. The molecule has 0 heterocycles. The van der Waals surface area contributed by atoms with Crippen LogP contribution in [0.4, 0.5) is 0 Å². The molecular weight excluding hydrogens is 1320 g/mol. The summed E-state index contributed by atoms with van der Waals surface area (Å²) in [5, 5.41) is 10.7. The first-order chi connectivity index (χ1) is 49.0. The van der Waals surface area contributed by atoms with Crippen molar-refractivity contribution < 1.29 is 80.2 Å². The van der Waals surface area contributed by atoms with E-state index in [1.54, 1.807) is 0 Å². The molecule has 3 N–H and O–H groups in total. The average Bonchev–Trinajstić information content (AvgIpc) is 0.946. The number of aliphatic hydroxyl groups is 1. The molecule has 101 heavy (non-hydrogen) atoms. The van der Waals surface area contributed by atoms with Gasteiger partial charge < -0.3 is 33.8 Å². The van der Waals surface area contributed by atoms with E-state index in [0.29, 0.717) is 25.7 Å². The second kappa shape index (κ2) is 74.9.